The van der Waals surface area contributed by atoms with E-state index < -0.39 is 8.07 Å². The number of hydrogen-bond acceptors (Lipinski definition) is 0. The van der Waals surface area contributed by atoms with Crippen LogP contribution in [0, 0.1) is 0 Å². The van der Waals surface area contributed by atoms with Crippen molar-refractivity contribution in [3.05, 3.63) is 10.2 Å². The Hall–Kier alpha value is 0.766. The Morgan fingerprint density at radius 1 is 1.45 bits per heavy atom. The summed E-state index contributed by atoms with van der Waals surface area (Å²) in [5.74, 6) is 0. The monoisotopic (exact) mass is 254 g/mol. The van der Waals surface area contributed by atoms with E-state index in [9.17, 15) is 0 Å². The normalized spacial score (nSPS) is 24.0. The standard InChI is InChI=1S/C8H15ClSeSi/c1-11(2,3)8(9)7-4-5-10-6-7/h4-6H2,1-3H3/b8-7-. The molecule has 1 saturated heterocycles. The molecule has 11 heavy (non-hydrogen) atoms. The van der Waals surface area contributed by atoms with Crippen LogP contribution in [0.4, 0.5) is 0 Å². The van der Waals surface area contributed by atoms with Crippen molar-refractivity contribution in [3.8, 4) is 0 Å². The summed E-state index contributed by atoms with van der Waals surface area (Å²) in [7, 11) is -1.17. The predicted octanol–water partition coefficient (Wildman–Crippen LogP) is 3.30. The molecule has 1 heterocycles. The van der Waals surface area contributed by atoms with Crippen LogP contribution < -0.4 is 0 Å². The third-order valence-corrected chi connectivity index (χ3v) is 7.63. The predicted molar refractivity (Wildman–Crippen MR) is 56.2 cm³/mol. The molecule has 0 nitrogen and oxygen atoms in total. The van der Waals surface area contributed by atoms with Crippen LogP contribution >= 0.6 is 11.6 Å². The SMILES string of the molecule is C[Si](C)(C)/C(Cl)=C1/CC[Se]C1. The molecule has 0 spiro atoms. The molecule has 0 aromatic carbocycles. The van der Waals surface area contributed by atoms with Gasteiger partial charge in [0.1, 0.15) is 0 Å². The van der Waals surface area contributed by atoms with Crippen LogP contribution in [0.15, 0.2) is 10.2 Å². The minimum absolute atomic E-state index is 0.870. The first-order valence-electron chi connectivity index (χ1n) is 3.97. The average molecular weight is 254 g/mol. The Morgan fingerprint density at radius 2 is 2.09 bits per heavy atom. The zero-order valence-electron chi connectivity index (χ0n) is 7.41. The van der Waals surface area contributed by atoms with Crippen molar-refractivity contribution in [2.45, 2.75) is 36.7 Å². The van der Waals surface area contributed by atoms with E-state index in [-0.39, 0.29) is 0 Å². The molecule has 0 unspecified atom stereocenters. The first-order valence-corrected chi connectivity index (χ1v) is 10.3. The van der Waals surface area contributed by atoms with Gasteiger partial charge in [0, 0.05) is 0 Å². The second kappa shape index (κ2) is 3.65. The topological polar surface area (TPSA) is 0 Å². The van der Waals surface area contributed by atoms with Crippen molar-refractivity contribution in [2.75, 3.05) is 0 Å². The molecular weight excluding hydrogens is 239 g/mol. The third-order valence-electron chi connectivity index (χ3n) is 1.79. The Balaban J connectivity index is 2.77. The Morgan fingerprint density at radius 3 is 2.45 bits per heavy atom. The molecule has 3 heteroatoms. The van der Waals surface area contributed by atoms with Crippen LogP contribution in [-0.2, 0) is 0 Å². The van der Waals surface area contributed by atoms with Crippen LogP contribution in [0.1, 0.15) is 6.42 Å². The van der Waals surface area contributed by atoms with E-state index in [2.05, 4.69) is 19.6 Å². The molecule has 0 aromatic rings. The van der Waals surface area contributed by atoms with Crippen LogP contribution in [0.2, 0.25) is 30.3 Å². The summed E-state index contributed by atoms with van der Waals surface area (Å²) < 4.78 is 1.26. The van der Waals surface area contributed by atoms with Gasteiger partial charge in [-0.25, -0.2) is 0 Å². The molecule has 0 radical (unpaired) electrons. The molecule has 0 bridgehead atoms. The van der Waals surface area contributed by atoms with Crippen molar-refractivity contribution < 1.29 is 0 Å². The molecule has 0 atom stereocenters. The maximum atomic E-state index is 6.31. The van der Waals surface area contributed by atoms with E-state index in [1.54, 1.807) is 5.57 Å². The molecule has 0 aromatic heterocycles. The molecule has 0 saturated carbocycles. The van der Waals surface area contributed by atoms with Crippen LogP contribution in [0.25, 0.3) is 0 Å². The minimum atomic E-state index is -1.17. The summed E-state index contributed by atoms with van der Waals surface area (Å²) in [4.78, 5) is 0. The fourth-order valence-electron chi connectivity index (χ4n) is 1.17. The molecule has 0 amide bonds. The molecule has 0 aliphatic carbocycles. The van der Waals surface area contributed by atoms with Gasteiger partial charge in [-0.05, 0) is 0 Å². The van der Waals surface area contributed by atoms with E-state index in [1.807, 2.05) is 0 Å². The quantitative estimate of drug-likeness (QED) is 0.629. The van der Waals surface area contributed by atoms with Gasteiger partial charge in [-0.15, -0.1) is 0 Å². The van der Waals surface area contributed by atoms with E-state index in [0.29, 0.717) is 0 Å². The van der Waals surface area contributed by atoms with Gasteiger partial charge in [0.05, 0.1) is 0 Å². The summed E-state index contributed by atoms with van der Waals surface area (Å²) in [6.07, 6.45) is 1.29. The molecular formula is C8H15ClSeSi. The maximum absolute atomic E-state index is 6.31. The van der Waals surface area contributed by atoms with E-state index in [1.165, 1.54) is 21.7 Å². The molecule has 0 N–H and O–H groups in total. The van der Waals surface area contributed by atoms with Gasteiger partial charge in [0.25, 0.3) is 0 Å². The van der Waals surface area contributed by atoms with E-state index >= 15 is 0 Å². The van der Waals surface area contributed by atoms with Gasteiger partial charge in [-0.2, -0.15) is 0 Å². The van der Waals surface area contributed by atoms with Gasteiger partial charge >= 0.3 is 81.6 Å². The zero-order chi connectivity index (χ0) is 8.48. The van der Waals surface area contributed by atoms with Crippen LogP contribution in [-0.4, -0.2) is 23.0 Å². The number of halogens is 1. The van der Waals surface area contributed by atoms with Crippen molar-refractivity contribution in [2.24, 2.45) is 0 Å². The van der Waals surface area contributed by atoms with E-state index in [0.717, 1.165) is 15.0 Å². The third kappa shape index (κ3) is 2.62. The molecule has 1 aliphatic rings. The number of allylic oxidation sites excluding steroid dienone is 1. The summed E-state index contributed by atoms with van der Waals surface area (Å²) in [5.41, 5.74) is 1.59. The Bertz CT molecular complexity index is 173. The number of hydrogen-bond donors (Lipinski definition) is 0. The summed E-state index contributed by atoms with van der Waals surface area (Å²) in [6, 6.07) is 0. The van der Waals surface area contributed by atoms with Gasteiger partial charge in [-0.3, -0.25) is 0 Å². The zero-order valence-corrected chi connectivity index (χ0v) is 10.9. The van der Waals surface area contributed by atoms with Gasteiger partial charge in [-0.1, -0.05) is 0 Å². The molecule has 1 aliphatic heterocycles. The van der Waals surface area contributed by atoms with Crippen molar-refractivity contribution in [1.82, 2.24) is 0 Å². The second-order valence-corrected chi connectivity index (χ2v) is 12.0. The molecule has 1 rings (SSSR count). The van der Waals surface area contributed by atoms with Crippen LogP contribution in [0.5, 0.6) is 0 Å². The first-order chi connectivity index (χ1) is 5.02. The second-order valence-electron chi connectivity index (χ2n) is 3.97. The van der Waals surface area contributed by atoms with Gasteiger partial charge in [0.15, 0.2) is 0 Å². The Kier molecular flexibility index (Phi) is 3.27. The van der Waals surface area contributed by atoms with Gasteiger partial charge < -0.3 is 0 Å². The average Bonchev–Trinajstić information content (AvgIpc) is 2.34. The Labute approximate surface area is 81.6 Å². The number of rotatable bonds is 1. The summed E-state index contributed by atoms with van der Waals surface area (Å²) in [5, 5.41) is 2.75. The van der Waals surface area contributed by atoms with Crippen LogP contribution in [0.3, 0.4) is 0 Å². The van der Waals surface area contributed by atoms with Crippen molar-refractivity contribution in [1.29, 1.82) is 0 Å². The summed E-state index contributed by atoms with van der Waals surface area (Å²) >= 11 is 7.18. The van der Waals surface area contributed by atoms with Crippen molar-refractivity contribution in [3.63, 3.8) is 0 Å². The van der Waals surface area contributed by atoms with Gasteiger partial charge in [0.2, 0.25) is 0 Å². The first kappa shape index (κ1) is 9.85. The summed E-state index contributed by atoms with van der Waals surface area (Å²) in [6.45, 7) is 6.98. The molecule has 64 valence electrons. The van der Waals surface area contributed by atoms with Crippen molar-refractivity contribution >= 4 is 34.6 Å². The fraction of sp³-hybridized carbons (Fsp3) is 0.750. The van der Waals surface area contributed by atoms with E-state index in [4.69, 9.17) is 11.6 Å². The fourth-order valence-corrected chi connectivity index (χ4v) is 5.31. The molecule has 1 fully saturated rings.